The number of ketones is 1. The van der Waals surface area contributed by atoms with Crippen molar-refractivity contribution in [1.82, 2.24) is 4.98 Å². The highest BCUT2D eigenvalue weighted by atomic mass is 32.1. The fraction of sp³-hybridized carbons (Fsp3) is 0.294. The topological polar surface area (TPSA) is 79.4 Å². The molecule has 1 N–H and O–H groups in total. The monoisotopic (exact) mass is 343 g/mol. The van der Waals surface area contributed by atoms with Crippen molar-refractivity contribution >= 4 is 39.8 Å². The Morgan fingerprint density at radius 3 is 2.62 bits per heavy atom. The van der Waals surface area contributed by atoms with Crippen LogP contribution < -0.4 is 10.2 Å². The first-order chi connectivity index (χ1) is 11.4. The lowest BCUT2D eigenvalue weighted by atomic mass is 10.1. The van der Waals surface area contributed by atoms with Gasteiger partial charge in [0.2, 0.25) is 11.8 Å². The number of thiazole rings is 1. The van der Waals surface area contributed by atoms with Crippen molar-refractivity contribution in [3.63, 3.8) is 0 Å². The van der Waals surface area contributed by atoms with Gasteiger partial charge in [0, 0.05) is 31.0 Å². The highest BCUT2D eigenvalue weighted by molar-refractivity contribution is 7.14. The van der Waals surface area contributed by atoms with Crippen molar-refractivity contribution in [2.75, 3.05) is 16.8 Å². The van der Waals surface area contributed by atoms with Crippen molar-refractivity contribution < 1.29 is 14.4 Å². The van der Waals surface area contributed by atoms with Crippen LogP contribution in [0, 0.1) is 12.8 Å². The van der Waals surface area contributed by atoms with Crippen LogP contribution in [0.4, 0.5) is 10.8 Å². The number of anilines is 2. The molecule has 1 unspecified atom stereocenters. The summed E-state index contributed by atoms with van der Waals surface area (Å²) >= 11 is 1.20. The summed E-state index contributed by atoms with van der Waals surface area (Å²) in [6.45, 7) is 3.75. The Morgan fingerprint density at radius 2 is 2.00 bits per heavy atom. The fourth-order valence-electron chi connectivity index (χ4n) is 2.56. The SMILES string of the molecule is CC(=O)c1csc(NC(=O)C2CC(=O)N(c3ccc(C)cc3)C2)n1. The molecule has 1 saturated heterocycles. The molecule has 0 radical (unpaired) electrons. The minimum Gasteiger partial charge on any atom is -0.312 e. The number of carbonyl (C=O) groups excluding carboxylic acids is 3. The summed E-state index contributed by atoms with van der Waals surface area (Å²) in [5.41, 5.74) is 2.25. The molecule has 2 aromatic rings. The van der Waals surface area contributed by atoms with E-state index in [0.29, 0.717) is 17.4 Å². The van der Waals surface area contributed by atoms with Gasteiger partial charge in [-0.1, -0.05) is 17.7 Å². The molecular formula is C17H17N3O3S. The van der Waals surface area contributed by atoms with Crippen molar-refractivity contribution in [1.29, 1.82) is 0 Å². The van der Waals surface area contributed by atoms with E-state index in [1.54, 1.807) is 10.3 Å². The van der Waals surface area contributed by atoms with E-state index in [1.165, 1.54) is 18.3 Å². The number of hydrogen-bond donors (Lipinski definition) is 1. The number of nitrogens with one attached hydrogen (secondary N) is 1. The standard InChI is InChI=1S/C17H17N3O3S/c1-10-3-5-13(6-4-10)20-8-12(7-15(20)22)16(23)19-17-18-14(9-24-17)11(2)21/h3-6,9,12H,7-8H2,1-2H3,(H,18,19,23). The Labute approximate surface area is 143 Å². The van der Waals surface area contributed by atoms with Gasteiger partial charge in [0.15, 0.2) is 10.9 Å². The van der Waals surface area contributed by atoms with E-state index in [0.717, 1.165) is 11.3 Å². The van der Waals surface area contributed by atoms with E-state index in [1.807, 2.05) is 31.2 Å². The van der Waals surface area contributed by atoms with Gasteiger partial charge in [0.1, 0.15) is 5.69 Å². The third kappa shape index (κ3) is 3.35. The lowest BCUT2D eigenvalue weighted by Crippen LogP contribution is -2.28. The highest BCUT2D eigenvalue weighted by Crippen LogP contribution is 2.26. The van der Waals surface area contributed by atoms with E-state index < -0.39 is 5.92 Å². The second kappa shape index (κ2) is 6.52. The van der Waals surface area contributed by atoms with Gasteiger partial charge in [-0.05, 0) is 19.1 Å². The van der Waals surface area contributed by atoms with Crippen LogP contribution >= 0.6 is 11.3 Å². The lowest BCUT2D eigenvalue weighted by molar-refractivity contribution is -0.122. The second-order valence-electron chi connectivity index (χ2n) is 5.82. The number of hydrogen-bond acceptors (Lipinski definition) is 5. The maximum atomic E-state index is 12.4. The number of carbonyl (C=O) groups is 3. The number of aryl methyl sites for hydroxylation is 1. The molecule has 1 atom stereocenters. The van der Waals surface area contributed by atoms with Crippen molar-refractivity contribution in [3.05, 3.63) is 40.9 Å². The molecule has 1 aliphatic rings. The molecule has 1 fully saturated rings. The first kappa shape index (κ1) is 16.3. The first-order valence-corrected chi connectivity index (χ1v) is 8.46. The molecule has 2 amide bonds. The summed E-state index contributed by atoms with van der Waals surface area (Å²) in [5.74, 6) is -0.887. The van der Waals surface area contributed by atoms with Gasteiger partial charge < -0.3 is 10.2 Å². The normalized spacial score (nSPS) is 17.2. The molecule has 124 valence electrons. The summed E-state index contributed by atoms with van der Waals surface area (Å²) in [4.78, 5) is 41.5. The number of aromatic nitrogens is 1. The lowest BCUT2D eigenvalue weighted by Gasteiger charge is -2.16. The number of rotatable bonds is 4. The molecule has 7 heteroatoms. The highest BCUT2D eigenvalue weighted by Gasteiger charge is 2.35. The first-order valence-electron chi connectivity index (χ1n) is 7.58. The smallest absolute Gasteiger partial charge is 0.231 e. The Bertz CT molecular complexity index is 798. The average Bonchev–Trinajstić information content (AvgIpc) is 3.15. The molecule has 1 aromatic carbocycles. The van der Waals surface area contributed by atoms with Crippen molar-refractivity contribution in [2.24, 2.45) is 5.92 Å². The Hall–Kier alpha value is -2.54. The quantitative estimate of drug-likeness (QED) is 0.866. The predicted molar refractivity (Wildman–Crippen MR) is 92.4 cm³/mol. The molecule has 0 aliphatic carbocycles. The van der Waals surface area contributed by atoms with Gasteiger partial charge in [-0.15, -0.1) is 11.3 Å². The minimum atomic E-state index is -0.427. The Kier molecular flexibility index (Phi) is 4.44. The van der Waals surface area contributed by atoms with E-state index >= 15 is 0 Å². The van der Waals surface area contributed by atoms with E-state index in [4.69, 9.17) is 0 Å². The number of amides is 2. The van der Waals surface area contributed by atoms with Crippen molar-refractivity contribution in [3.8, 4) is 0 Å². The zero-order valence-electron chi connectivity index (χ0n) is 13.4. The minimum absolute atomic E-state index is 0.0671. The zero-order valence-corrected chi connectivity index (χ0v) is 14.2. The van der Waals surface area contributed by atoms with Crippen LogP contribution in [0.1, 0.15) is 29.4 Å². The van der Waals surface area contributed by atoms with Gasteiger partial charge in [-0.3, -0.25) is 14.4 Å². The van der Waals surface area contributed by atoms with Gasteiger partial charge >= 0.3 is 0 Å². The van der Waals surface area contributed by atoms with E-state index in [2.05, 4.69) is 10.3 Å². The second-order valence-corrected chi connectivity index (χ2v) is 6.68. The van der Waals surface area contributed by atoms with Crippen LogP contribution in [0.5, 0.6) is 0 Å². The van der Waals surface area contributed by atoms with Crippen LogP contribution in [-0.2, 0) is 9.59 Å². The van der Waals surface area contributed by atoms with Gasteiger partial charge in [-0.25, -0.2) is 4.98 Å². The van der Waals surface area contributed by atoms with Crippen LogP contribution in [0.3, 0.4) is 0 Å². The summed E-state index contributed by atoms with van der Waals surface area (Å²) < 4.78 is 0. The maximum Gasteiger partial charge on any atom is 0.231 e. The molecular weight excluding hydrogens is 326 g/mol. The van der Waals surface area contributed by atoms with E-state index in [9.17, 15) is 14.4 Å². The van der Waals surface area contributed by atoms with Gasteiger partial charge in [0.25, 0.3) is 0 Å². The third-order valence-corrected chi connectivity index (χ3v) is 4.69. The molecule has 6 nitrogen and oxygen atoms in total. The summed E-state index contributed by atoms with van der Waals surface area (Å²) in [7, 11) is 0. The van der Waals surface area contributed by atoms with Crippen LogP contribution in [0.15, 0.2) is 29.6 Å². The third-order valence-electron chi connectivity index (χ3n) is 3.94. The largest absolute Gasteiger partial charge is 0.312 e. The molecule has 0 bridgehead atoms. The number of nitrogens with zero attached hydrogens (tertiary/aromatic N) is 2. The number of benzene rings is 1. The van der Waals surface area contributed by atoms with Gasteiger partial charge in [-0.2, -0.15) is 0 Å². The summed E-state index contributed by atoms with van der Waals surface area (Å²) in [5, 5.41) is 4.69. The predicted octanol–water partition coefficient (Wildman–Crippen LogP) is 2.65. The summed E-state index contributed by atoms with van der Waals surface area (Å²) in [6.07, 6.45) is 0.171. The molecule has 0 saturated carbocycles. The molecule has 1 aromatic heterocycles. The van der Waals surface area contributed by atoms with Crippen LogP contribution in [0.25, 0.3) is 0 Å². The zero-order chi connectivity index (χ0) is 17.3. The van der Waals surface area contributed by atoms with Gasteiger partial charge in [0.05, 0.1) is 5.92 Å². The molecule has 0 spiro atoms. The van der Waals surface area contributed by atoms with Crippen molar-refractivity contribution in [2.45, 2.75) is 20.3 Å². The van der Waals surface area contributed by atoms with E-state index in [-0.39, 0.29) is 24.0 Å². The molecule has 1 aliphatic heterocycles. The van der Waals surface area contributed by atoms with Crippen LogP contribution in [-0.4, -0.2) is 29.1 Å². The maximum absolute atomic E-state index is 12.4. The Morgan fingerprint density at radius 1 is 1.29 bits per heavy atom. The van der Waals surface area contributed by atoms with Crippen LogP contribution in [0.2, 0.25) is 0 Å². The molecule has 3 rings (SSSR count). The molecule has 24 heavy (non-hydrogen) atoms. The average molecular weight is 343 g/mol. The Balaban J connectivity index is 1.67. The number of Topliss-reactive ketones (excluding diaryl/α,β-unsaturated/α-hetero) is 1. The summed E-state index contributed by atoms with van der Waals surface area (Å²) in [6, 6.07) is 7.64. The molecule has 2 heterocycles. The fourth-order valence-corrected chi connectivity index (χ4v) is 3.31.